The summed E-state index contributed by atoms with van der Waals surface area (Å²) < 4.78 is 24.0. The van der Waals surface area contributed by atoms with E-state index in [0.717, 1.165) is 22.0 Å². The fourth-order valence-electron chi connectivity index (χ4n) is 2.84. The molecule has 4 nitrogen and oxygen atoms in total. The van der Waals surface area contributed by atoms with Gasteiger partial charge in [-0.05, 0) is 42.0 Å². The molecule has 2 aromatic rings. The van der Waals surface area contributed by atoms with Crippen LogP contribution in [0.15, 0.2) is 53.4 Å². The van der Waals surface area contributed by atoms with Gasteiger partial charge in [0.15, 0.2) is 0 Å². The molecule has 1 aliphatic rings. The van der Waals surface area contributed by atoms with Crippen LogP contribution in [-0.4, -0.2) is 43.4 Å². The van der Waals surface area contributed by atoms with Crippen molar-refractivity contribution in [1.82, 2.24) is 4.90 Å². The lowest BCUT2D eigenvalue weighted by Crippen LogP contribution is -2.42. The second kappa shape index (κ2) is 9.05. The molecule has 1 unspecified atom stereocenters. The van der Waals surface area contributed by atoms with Gasteiger partial charge in [0.1, 0.15) is 17.7 Å². The number of rotatable bonds is 6. The van der Waals surface area contributed by atoms with Crippen LogP contribution in [0.4, 0.5) is 4.39 Å². The SMILES string of the molecule is COc1ccc(SCCC(=O)N2CCOC(c3ccc(F)cc3)C2)cc1. The number of hydrogen-bond donors (Lipinski definition) is 0. The lowest BCUT2D eigenvalue weighted by atomic mass is 10.1. The van der Waals surface area contributed by atoms with Gasteiger partial charge in [0.05, 0.1) is 20.3 Å². The Morgan fingerprint density at radius 1 is 1.23 bits per heavy atom. The predicted molar refractivity (Wildman–Crippen MR) is 100 cm³/mol. The van der Waals surface area contributed by atoms with E-state index < -0.39 is 0 Å². The number of halogens is 1. The number of carbonyl (C=O) groups excluding carboxylic acids is 1. The zero-order valence-corrected chi connectivity index (χ0v) is 15.5. The van der Waals surface area contributed by atoms with Gasteiger partial charge in [-0.15, -0.1) is 11.8 Å². The van der Waals surface area contributed by atoms with Gasteiger partial charge in [-0.2, -0.15) is 0 Å². The van der Waals surface area contributed by atoms with E-state index in [1.807, 2.05) is 29.2 Å². The molecule has 0 aromatic heterocycles. The van der Waals surface area contributed by atoms with Crippen LogP contribution in [0.5, 0.6) is 5.75 Å². The Morgan fingerprint density at radius 2 is 1.96 bits per heavy atom. The molecule has 6 heteroatoms. The number of methoxy groups -OCH3 is 1. The Labute approximate surface area is 157 Å². The zero-order chi connectivity index (χ0) is 18.4. The third kappa shape index (κ3) is 4.99. The summed E-state index contributed by atoms with van der Waals surface area (Å²) in [6.45, 7) is 1.61. The summed E-state index contributed by atoms with van der Waals surface area (Å²) in [6.07, 6.45) is 0.287. The van der Waals surface area contributed by atoms with Gasteiger partial charge in [0.25, 0.3) is 0 Å². The van der Waals surface area contributed by atoms with E-state index in [1.165, 1.54) is 12.1 Å². The van der Waals surface area contributed by atoms with E-state index in [1.54, 1.807) is 31.0 Å². The van der Waals surface area contributed by atoms with Crippen LogP contribution >= 0.6 is 11.8 Å². The van der Waals surface area contributed by atoms with Crippen molar-refractivity contribution in [2.24, 2.45) is 0 Å². The van der Waals surface area contributed by atoms with Crippen molar-refractivity contribution in [2.75, 3.05) is 32.6 Å². The molecule has 1 saturated heterocycles. The number of thioether (sulfide) groups is 1. The average Bonchev–Trinajstić information content (AvgIpc) is 2.69. The van der Waals surface area contributed by atoms with E-state index in [4.69, 9.17) is 9.47 Å². The van der Waals surface area contributed by atoms with Crippen molar-refractivity contribution in [2.45, 2.75) is 17.4 Å². The van der Waals surface area contributed by atoms with Crippen molar-refractivity contribution < 1.29 is 18.7 Å². The molecule has 1 aliphatic heterocycles. The second-order valence-corrected chi connectivity index (χ2v) is 7.19. The second-order valence-electron chi connectivity index (χ2n) is 6.02. The molecule has 26 heavy (non-hydrogen) atoms. The summed E-state index contributed by atoms with van der Waals surface area (Å²) in [4.78, 5) is 15.5. The number of nitrogens with zero attached hydrogens (tertiary/aromatic N) is 1. The standard InChI is InChI=1S/C20H22FNO3S/c1-24-17-6-8-18(9-7-17)26-13-10-20(23)22-11-12-25-19(14-22)15-2-4-16(21)5-3-15/h2-9,19H,10-14H2,1H3. The number of ether oxygens (including phenoxy) is 2. The molecule has 1 heterocycles. The molecule has 0 radical (unpaired) electrons. The molecule has 0 saturated carbocycles. The highest BCUT2D eigenvalue weighted by Gasteiger charge is 2.25. The van der Waals surface area contributed by atoms with Gasteiger partial charge in [-0.3, -0.25) is 4.79 Å². The fraction of sp³-hybridized carbons (Fsp3) is 0.350. The van der Waals surface area contributed by atoms with Crippen LogP contribution in [0.3, 0.4) is 0 Å². The minimum Gasteiger partial charge on any atom is -0.497 e. The highest BCUT2D eigenvalue weighted by molar-refractivity contribution is 7.99. The first-order chi connectivity index (χ1) is 12.7. The maximum atomic E-state index is 13.1. The molecular formula is C20H22FNO3S. The maximum absolute atomic E-state index is 13.1. The Balaban J connectivity index is 1.48. The molecule has 138 valence electrons. The third-order valence-corrected chi connectivity index (χ3v) is 5.32. The summed E-state index contributed by atoms with van der Waals surface area (Å²) >= 11 is 1.65. The van der Waals surface area contributed by atoms with Crippen LogP contribution < -0.4 is 4.74 Å². The Kier molecular flexibility index (Phi) is 6.52. The molecular weight excluding hydrogens is 353 g/mol. The first-order valence-electron chi connectivity index (χ1n) is 8.57. The average molecular weight is 375 g/mol. The first kappa shape index (κ1) is 18.7. The summed E-state index contributed by atoms with van der Waals surface area (Å²) in [5.74, 6) is 1.41. The quantitative estimate of drug-likeness (QED) is 0.718. The van der Waals surface area contributed by atoms with Gasteiger partial charge in [0.2, 0.25) is 5.91 Å². The first-order valence-corrected chi connectivity index (χ1v) is 9.56. The van der Waals surface area contributed by atoms with Gasteiger partial charge in [0, 0.05) is 23.6 Å². The van der Waals surface area contributed by atoms with Crippen LogP contribution in [0.2, 0.25) is 0 Å². The Hall–Kier alpha value is -2.05. The molecule has 0 bridgehead atoms. The van der Waals surface area contributed by atoms with Crippen LogP contribution in [0, 0.1) is 5.82 Å². The topological polar surface area (TPSA) is 38.8 Å². The number of benzene rings is 2. The van der Waals surface area contributed by atoms with Gasteiger partial charge in [-0.25, -0.2) is 4.39 Å². The highest BCUT2D eigenvalue weighted by atomic mass is 32.2. The highest BCUT2D eigenvalue weighted by Crippen LogP contribution is 2.25. The molecule has 1 fully saturated rings. The minimum atomic E-state index is -0.270. The minimum absolute atomic E-state index is 0.126. The maximum Gasteiger partial charge on any atom is 0.223 e. The predicted octanol–water partition coefficient (Wildman–Crippen LogP) is 3.92. The van der Waals surface area contributed by atoms with Crippen molar-refractivity contribution in [3.05, 3.63) is 59.9 Å². The Bertz CT molecular complexity index is 721. The summed E-state index contributed by atoms with van der Waals surface area (Å²) in [6, 6.07) is 14.1. The van der Waals surface area contributed by atoms with E-state index in [9.17, 15) is 9.18 Å². The van der Waals surface area contributed by atoms with Crippen molar-refractivity contribution in [3.63, 3.8) is 0 Å². The largest absolute Gasteiger partial charge is 0.497 e. The molecule has 1 atom stereocenters. The molecule has 3 rings (SSSR count). The number of morpholine rings is 1. The van der Waals surface area contributed by atoms with Gasteiger partial charge >= 0.3 is 0 Å². The molecule has 0 aliphatic carbocycles. The smallest absolute Gasteiger partial charge is 0.223 e. The third-order valence-electron chi connectivity index (χ3n) is 4.31. The van der Waals surface area contributed by atoms with Crippen molar-refractivity contribution in [3.8, 4) is 5.75 Å². The normalized spacial score (nSPS) is 17.2. The fourth-order valence-corrected chi connectivity index (χ4v) is 3.68. The molecule has 0 spiro atoms. The van der Waals surface area contributed by atoms with E-state index >= 15 is 0 Å². The van der Waals surface area contributed by atoms with Crippen LogP contribution in [0.25, 0.3) is 0 Å². The van der Waals surface area contributed by atoms with E-state index in [-0.39, 0.29) is 17.8 Å². The van der Waals surface area contributed by atoms with E-state index in [0.29, 0.717) is 26.1 Å². The summed E-state index contributed by atoms with van der Waals surface area (Å²) in [7, 11) is 1.64. The molecule has 1 amide bonds. The lowest BCUT2D eigenvalue weighted by Gasteiger charge is -2.33. The summed E-state index contributed by atoms with van der Waals surface area (Å²) in [5.41, 5.74) is 0.900. The van der Waals surface area contributed by atoms with E-state index in [2.05, 4.69) is 0 Å². The number of amides is 1. The number of carbonyl (C=O) groups is 1. The lowest BCUT2D eigenvalue weighted by molar-refractivity contribution is -0.138. The molecule has 2 aromatic carbocycles. The summed E-state index contributed by atoms with van der Waals surface area (Å²) in [5, 5.41) is 0. The monoisotopic (exact) mass is 375 g/mol. The van der Waals surface area contributed by atoms with Crippen LogP contribution in [-0.2, 0) is 9.53 Å². The number of hydrogen-bond acceptors (Lipinski definition) is 4. The molecule has 0 N–H and O–H groups in total. The van der Waals surface area contributed by atoms with Crippen molar-refractivity contribution in [1.29, 1.82) is 0 Å². The van der Waals surface area contributed by atoms with Gasteiger partial charge < -0.3 is 14.4 Å². The van der Waals surface area contributed by atoms with Crippen LogP contribution in [0.1, 0.15) is 18.1 Å². The zero-order valence-electron chi connectivity index (χ0n) is 14.7. The van der Waals surface area contributed by atoms with Gasteiger partial charge in [-0.1, -0.05) is 12.1 Å². The van der Waals surface area contributed by atoms with Crippen molar-refractivity contribution >= 4 is 17.7 Å². The Morgan fingerprint density at radius 3 is 2.65 bits per heavy atom.